The fourth-order valence-electron chi connectivity index (χ4n) is 2.05. The summed E-state index contributed by atoms with van der Waals surface area (Å²) in [5.74, 6) is 1.14. The second-order valence-corrected chi connectivity index (χ2v) is 5.58. The molecule has 0 saturated heterocycles. The van der Waals surface area contributed by atoms with Gasteiger partial charge in [-0.15, -0.1) is 10.2 Å². The lowest BCUT2D eigenvalue weighted by atomic mass is 10.1. The van der Waals surface area contributed by atoms with E-state index in [0.29, 0.717) is 12.1 Å². The predicted molar refractivity (Wildman–Crippen MR) is 82.8 cm³/mol. The summed E-state index contributed by atoms with van der Waals surface area (Å²) in [4.78, 5) is 11.1. The molecule has 4 N–H and O–H groups in total. The number of aromatic nitrogens is 3. The minimum atomic E-state index is -0.407. The lowest BCUT2D eigenvalue weighted by Crippen LogP contribution is -2.11. The fourth-order valence-corrected chi connectivity index (χ4v) is 3.15. The van der Waals surface area contributed by atoms with Gasteiger partial charge < -0.3 is 16.0 Å². The van der Waals surface area contributed by atoms with E-state index in [1.807, 2.05) is 30.5 Å². The van der Waals surface area contributed by atoms with Crippen LogP contribution in [0.3, 0.4) is 0 Å². The molecule has 21 heavy (non-hydrogen) atoms. The number of primary amides is 1. The normalized spacial score (nSPS) is 10.8. The Balaban J connectivity index is 2.13. The van der Waals surface area contributed by atoms with Gasteiger partial charge >= 0.3 is 0 Å². The molecule has 0 aliphatic rings. The predicted octanol–water partition coefficient (Wildman–Crippen LogP) is 1.46. The topological polar surface area (TPSA) is 99.8 Å². The summed E-state index contributed by atoms with van der Waals surface area (Å²) in [6, 6.07) is 5.49. The quantitative estimate of drug-likeness (QED) is 0.787. The Morgan fingerprint density at radius 1 is 1.38 bits per heavy atom. The van der Waals surface area contributed by atoms with Gasteiger partial charge in [-0.25, -0.2) is 0 Å². The van der Waals surface area contributed by atoms with E-state index < -0.39 is 5.91 Å². The standard InChI is InChI=1S/C14H19N5OS/c1-3-19-12(7-15)17-18-14(19)21-8-11-5-4-10(13(16)20)6-9(11)2/h4-6H,3,7-8,15H2,1-2H3,(H2,16,20). The van der Waals surface area contributed by atoms with E-state index in [0.717, 1.165) is 34.4 Å². The second kappa shape index (κ2) is 6.73. The molecule has 2 aromatic rings. The van der Waals surface area contributed by atoms with Crippen molar-refractivity contribution in [3.05, 3.63) is 40.7 Å². The maximum atomic E-state index is 11.1. The first-order chi connectivity index (χ1) is 10.1. The van der Waals surface area contributed by atoms with Gasteiger partial charge in [-0.2, -0.15) is 0 Å². The van der Waals surface area contributed by atoms with Gasteiger partial charge in [0, 0.05) is 17.9 Å². The van der Waals surface area contributed by atoms with Crippen molar-refractivity contribution >= 4 is 17.7 Å². The van der Waals surface area contributed by atoms with Crippen LogP contribution in [0.5, 0.6) is 0 Å². The summed E-state index contributed by atoms with van der Waals surface area (Å²) < 4.78 is 2.01. The number of hydrogen-bond donors (Lipinski definition) is 2. The number of carbonyl (C=O) groups excluding carboxylic acids is 1. The minimum Gasteiger partial charge on any atom is -0.366 e. The highest BCUT2D eigenvalue weighted by molar-refractivity contribution is 7.98. The van der Waals surface area contributed by atoms with Crippen molar-refractivity contribution in [2.75, 3.05) is 0 Å². The maximum Gasteiger partial charge on any atom is 0.248 e. The largest absolute Gasteiger partial charge is 0.366 e. The Morgan fingerprint density at radius 3 is 2.71 bits per heavy atom. The van der Waals surface area contributed by atoms with Crippen LogP contribution in [0, 0.1) is 6.92 Å². The van der Waals surface area contributed by atoms with E-state index >= 15 is 0 Å². The zero-order chi connectivity index (χ0) is 15.4. The van der Waals surface area contributed by atoms with E-state index in [1.54, 1.807) is 17.8 Å². The van der Waals surface area contributed by atoms with Gasteiger partial charge in [0.2, 0.25) is 5.91 Å². The summed E-state index contributed by atoms with van der Waals surface area (Å²) in [7, 11) is 0. The summed E-state index contributed by atoms with van der Waals surface area (Å²) in [6.07, 6.45) is 0. The van der Waals surface area contributed by atoms with Crippen molar-refractivity contribution in [1.82, 2.24) is 14.8 Å². The number of nitrogens with zero attached hydrogens (tertiary/aromatic N) is 3. The molecule has 0 aliphatic heterocycles. The lowest BCUT2D eigenvalue weighted by molar-refractivity contribution is 0.1000. The average Bonchev–Trinajstić information content (AvgIpc) is 2.87. The highest BCUT2D eigenvalue weighted by atomic mass is 32.2. The van der Waals surface area contributed by atoms with E-state index in [-0.39, 0.29) is 0 Å². The molecule has 0 fully saturated rings. The first-order valence-electron chi connectivity index (χ1n) is 6.71. The van der Waals surface area contributed by atoms with E-state index in [4.69, 9.17) is 11.5 Å². The Hall–Kier alpha value is -1.86. The molecule has 7 heteroatoms. The van der Waals surface area contributed by atoms with Gasteiger partial charge in [-0.1, -0.05) is 17.8 Å². The van der Waals surface area contributed by atoms with Crippen molar-refractivity contribution in [2.24, 2.45) is 11.5 Å². The fraction of sp³-hybridized carbons (Fsp3) is 0.357. The van der Waals surface area contributed by atoms with Gasteiger partial charge in [0.05, 0.1) is 6.54 Å². The van der Waals surface area contributed by atoms with Gasteiger partial charge in [-0.05, 0) is 37.1 Å². The zero-order valence-corrected chi connectivity index (χ0v) is 13.0. The highest BCUT2D eigenvalue weighted by Crippen LogP contribution is 2.24. The number of carbonyl (C=O) groups is 1. The highest BCUT2D eigenvalue weighted by Gasteiger charge is 2.11. The van der Waals surface area contributed by atoms with E-state index in [2.05, 4.69) is 10.2 Å². The molecule has 0 radical (unpaired) electrons. The van der Waals surface area contributed by atoms with Crippen LogP contribution in [0.25, 0.3) is 0 Å². The summed E-state index contributed by atoms with van der Waals surface area (Å²) in [5, 5.41) is 9.11. The Morgan fingerprint density at radius 2 is 2.14 bits per heavy atom. The van der Waals surface area contributed by atoms with Crippen LogP contribution in [-0.2, 0) is 18.8 Å². The smallest absolute Gasteiger partial charge is 0.248 e. The van der Waals surface area contributed by atoms with E-state index in [1.165, 1.54) is 0 Å². The molecule has 0 unspecified atom stereocenters. The van der Waals surface area contributed by atoms with Crippen LogP contribution in [0.2, 0.25) is 0 Å². The molecule has 1 amide bonds. The van der Waals surface area contributed by atoms with Crippen LogP contribution in [0.4, 0.5) is 0 Å². The van der Waals surface area contributed by atoms with Crippen molar-refractivity contribution < 1.29 is 4.79 Å². The molecule has 0 spiro atoms. The molecule has 112 valence electrons. The number of thioether (sulfide) groups is 1. The number of aryl methyl sites for hydroxylation is 1. The first-order valence-corrected chi connectivity index (χ1v) is 7.69. The SMILES string of the molecule is CCn1c(CN)nnc1SCc1ccc(C(N)=O)cc1C. The van der Waals surface area contributed by atoms with Crippen LogP contribution in [0.15, 0.2) is 23.4 Å². The van der Waals surface area contributed by atoms with Gasteiger partial charge in [0.1, 0.15) is 5.82 Å². The molecule has 1 aromatic carbocycles. The molecule has 2 rings (SSSR count). The Kier molecular flexibility index (Phi) is 4.98. The van der Waals surface area contributed by atoms with Gasteiger partial charge in [0.25, 0.3) is 0 Å². The van der Waals surface area contributed by atoms with Crippen molar-refractivity contribution in [2.45, 2.75) is 37.8 Å². The monoisotopic (exact) mass is 305 g/mol. The molecule has 1 aromatic heterocycles. The second-order valence-electron chi connectivity index (χ2n) is 4.64. The Bertz CT molecular complexity index is 653. The lowest BCUT2D eigenvalue weighted by Gasteiger charge is -2.08. The first kappa shape index (κ1) is 15.5. The number of nitrogens with two attached hydrogens (primary N) is 2. The van der Waals surface area contributed by atoms with Crippen molar-refractivity contribution in [3.63, 3.8) is 0 Å². The van der Waals surface area contributed by atoms with Gasteiger partial charge in [0.15, 0.2) is 5.16 Å². The van der Waals surface area contributed by atoms with Crippen molar-refractivity contribution in [1.29, 1.82) is 0 Å². The van der Waals surface area contributed by atoms with Crippen LogP contribution in [0.1, 0.15) is 34.2 Å². The third-order valence-corrected chi connectivity index (χ3v) is 4.29. The average molecular weight is 305 g/mol. The zero-order valence-electron chi connectivity index (χ0n) is 12.2. The van der Waals surface area contributed by atoms with Gasteiger partial charge in [-0.3, -0.25) is 4.79 Å². The molecule has 1 heterocycles. The molecular weight excluding hydrogens is 286 g/mol. The third kappa shape index (κ3) is 3.43. The number of amides is 1. The molecule has 0 saturated carbocycles. The molecule has 0 bridgehead atoms. The minimum absolute atomic E-state index is 0.383. The van der Waals surface area contributed by atoms with Crippen molar-refractivity contribution in [3.8, 4) is 0 Å². The molecule has 0 atom stereocenters. The summed E-state index contributed by atoms with van der Waals surface area (Å²) in [5.41, 5.74) is 13.6. The van der Waals surface area contributed by atoms with E-state index in [9.17, 15) is 4.79 Å². The summed E-state index contributed by atoms with van der Waals surface area (Å²) >= 11 is 1.61. The maximum absolute atomic E-state index is 11.1. The summed E-state index contributed by atoms with van der Waals surface area (Å²) in [6.45, 7) is 5.19. The molecular formula is C14H19N5OS. The number of benzene rings is 1. The Labute approximate surface area is 127 Å². The molecule has 0 aliphatic carbocycles. The number of hydrogen-bond acceptors (Lipinski definition) is 5. The molecule has 6 nitrogen and oxygen atoms in total. The van der Waals surface area contributed by atoms with Crippen LogP contribution < -0.4 is 11.5 Å². The third-order valence-electron chi connectivity index (χ3n) is 3.28. The number of rotatable bonds is 6. The van der Waals surface area contributed by atoms with Crippen LogP contribution in [-0.4, -0.2) is 20.7 Å². The van der Waals surface area contributed by atoms with Crippen LogP contribution >= 0.6 is 11.8 Å².